The van der Waals surface area contributed by atoms with Crippen molar-refractivity contribution in [1.29, 1.82) is 0 Å². The lowest BCUT2D eigenvalue weighted by molar-refractivity contribution is 0.153. The Kier molecular flexibility index (Phi) is 4.23. The second-order valence-corrected chi connectivity index (χ2v) is 4.52. The van der Waals surface area contributed by atoms with Crippen molar-refractivity contribution in [2.75, 3.05) is 7.05 Å². The van der Waals surface area contributed by atoms with E-state index in [0.29, 0.717) is 6.10 Å². The first-order valence-corrected chi connectivity index (χ1v) is 6.29. The molecule has 0 spiro atoms. The van der Waals surface area contributed by atoms with E-state index in [1.807, 2.05) is 7.05 Å². The lowest BCUT2D eigenvalue weighted by Gasteiger charge is -2.24. The van der Waals surface area contributed by atoms with Crippen molar-refractivity contribution in [1.82, 2.24) is 5.32 Å². The van der Waals surface area contributed by atoms with Gasteiger partial charge in [0.2, 0.25) is 0 Å². The van der Waals surface area contributed by atoms with Crippen molar-refractivity contribution < 1.29 is 4.74 Å². The highest BCUT2D eigenvalue weighted by atomic mass is 16.5. The highest BCUT2D eigenvalue weighted by Gasteiger charge is 2.15. The number of hydrogen-bond acceptors (Lipinski definition) is 2. The number of benzene rings is 1. The SMILES string of the molecule is CNCc1ccccc1OC1CCCCC1. The van der Waals surface area contributed by atoms with Crippen molar-refractivity contribution in [3.8, 4) is 5.75 Å². The van der Waals surface area contributed by atoms with Crippen LogP contribution in [0.4, 0.5) is 0 Å². The average molecular weight is 219 g/mol. The zero-order valence-electron chi connectivity index (χ0n) is 10.0. The molecule has 0 saturated heterocycles. The molecule has 0 unspecified atom stereocenters. The topological polar surface area (TPSA) is 21.3 Å². The standard InChI is InChI=1S/C14H21NO/c1-15-11-12-7-5-6-10-14(12)16-13-8-3-2-4-9-13/h5-7,10,13,15H,2-4,8-9,11H2,1H3. The maximum absolute atomic E-state index is 6.10. The van der Waals surface area contributed by atoms with Crippen molar-refractivity contribution in [2.24, 2.45) is 0 Å². The maximum atomic E-state index is 6.10. The van der Waals surface area contributed by atoms with Gasteiger partial charge in [0.05, 0.1) is 6.10 Å². The summed E-state index contributed by atoms with van der Waals surface area (Å²) < 4.78 is 6.10. The minimum absolute atomic E-state index is 0.437. The molecular weight excluding hydrogens is 198 g/mol. The van der Waals surface area contributed by atoms with Gasteiger partial charge in [0.25, 0.3) is 0 Å². The molecule has 0 aromatic heterocycles. The van der Waals surface area contributed by atoms with Gasteiger partial charge in [-0.3, -0.25) is 0 Å². The molecule has 1 aromatic rings. The Morgan fingerprint density at radius 1 is 1.19 bits per heavy atom. The Hall–Kier alpha value is -1.02. The Labute approximate surface area is 98.0 Å². The molecule has 0 radical (unpaired) electrons. The van der Waals surface area contributed by atoms with Crippen LogP contribution in [0.2, 0.25) is 0 Å². The van der Waals surface area contributed by atoms with E-state index in [0.717, 1.165) is 12.3 Å². The molecule has 2 heteroatoms. The summed E-state index contributed by atoms with van der Waals surface area (Å²) in [6.45, 7) is 0.878. The van der Waals surface area contributed by atoms with Crippen LogP contribution in [0.15, 0.2) is 24.3 Å². The summed E-state index contributed by atoms with van der Waals surface area (Å²) in [6, 6.07) is 8.34. The molecule has 2 nitrogen and oxygen atoms in total. The van der Waals surface area contributed by atoms with Crippen molar-refractivity contribution >= 4 is 0 Å². The normalized spacial score (nSPS) is 17.3. The molecule has 1 fully saturated rings. The van der Waals surface area contributed by atoms with Crippen LogP contribution >= 0.6 is 0 Å². The fourth-order valence-electron chi connectivity index (χ4n) is 2.32. The summed E-state index contributed by atoms with van der Waals surface area (Å²) in [5.41, 5.74) is 1.26. The molecule has 0 atom stereocenters. The third kappa shape index (κ3) is 2.99. The van der Waals surface area contributed by atoms with Crippen molar-refractivity contribution in [3.05, 3.63) is 29.8 Å². The number of para-hydroxylation sites is 1. The van der Waals surface area contributed by atoms with Gasteiger partial charge in [0.15, 0.2) is 0 Å². The summed E-state index contributed by atoms with van der Waals surface area (Å²) in [6.07, 6.45) is 6.88. The third-order valence-corrected chi connectivity index (χ3v) is 3.19. The summed E-state index contributed by atoms with van der Waals surface area (Å²) in [5.74, 6) is 1.06. The Balaban J connectivity index is 2.01. The Morgan fingerprint density at radius 2 is 1.94 bits per heavy atom. The monoisotopic (exact) mass is 219 g/mol. The summed E-state index contributed by atoms with van der Waals surface area (Å²) >= 11 is 0. The highest BCUT2D eigenvalue weighted by Crippen LogP contribution is 2.25. The van der Waals surface area contributed by atoms with Crippen molar-refractivity contribution in [3.63, 3.8) is 0 Å². The van der Waals surface area contributed by atoms with E-state index in [1.54, 1.807) is 0 Å². The van der Waals surface area contributed by atoms with Gasteiger partial charge in [0.1, 0.15) is 5.75 Å². The van der Waals surface area contributed by atoms with Crippen LogP contribution in [0.3, 0.4) is 0 Å². The van der Waals surface area contributed by atoms with Gasteiger partial charge in [-0.1, -0.05) is 24.6 Å². The van der Waals surface area contributed by atoms with E-state index in [1.165, 1.54) is 37.7 Å². The molecule has 1 saturated carbocycles. The maximum Gasteiger partial charge on any atom is 0.124 e. The molecule has 88 valence electrons. The summed E-state index contributed by atoms with van der Waals surface area (Å²) in [7, 11) is 1.97. The van der Waals surface area contributed by atoms with Gasteiger partial charge in [-0.2, -0.15) is 0 Å². The first-order valence-electron chi connectivity index (χ1n) is 6.29. The fraction of sp³-hybridized carbons (Fsp3) is 0.571. The van der Waals surface area contributed by atoms with Crippen LogP contribution in [0.1, 0.15) is 37.7 Å². The lowest BCUT2D eigenvalue weighted by Crippen LogP contribution is -2.20. The number of rotatable bonds is 4. The van der Waals surface area contributed by atoms with E-state index in [4.69, 9.17) is 4.74 Å². The summed E-state index contributed by atoms with van der Waals surface area (Å²) in [4.78, 5) is 0. The zero-order chi connectivity index (χ0) is 11.2. The van der Waals surface area contributed by atoms with Gasteiger partial charge < -0.3 is 10.1 Å². The molecule has 1 aliphatic rings. The van der Waals surface area contributed by atoms with Gasteiger partial charge in [-0.05, 0) is 38.8 Å². The predicted octanol–water partition coefficient (Wildman–Crippen LogP) is 3.12. The molecule has 16 heavy (non-hydrogen) atoms. The first kappa shape index (κ1) is 11.5. The van der Waals surface area contributed by atoms with E-state index in [9.17, 15) is 0 Å². The van der Waals surface area contributed by atoms with Gasteiger partial charge in [-0.25, -0.2) is 0 Å². The second kappa shape index (κ2) is 5.90. The smallest absolute Gasteiger partial charge is 0.124 e. The van der Waals surface area contributed by atoms with Gasteiger partial charge in [-0.15, -0.1) is 0 Å². The van der Waals surface area contributed by atoms with E-state index >= 15 is 0 Å². The molecule has 2 rings (SSSR count). The molecule has 0 bridgehead atoms. The van der Waals surface area contributed by atoms with Gasteiger partial charge in [0, 0.05) is 12.1 Å². The van der Waals surface area contributed by atoms with Crippen LogP contribution in [0, 0.1) is 0 Å². The first-order chi connectivity index (χ1) is 7.90. The zero-order valence-corrected chi connectivity index (χ0v) is 10.0. The third-order valence-electron chi connectivity index (χ3n) is 3.19. The van der Waals surface area contributed by atoms with Gasteiger partial charge >= 0.3 is 0 Å². The molecule has 0 aliphatic heterocycles. The summed E-state index contributed by atoms with van der Waals surface area (Å²) in [5, 5.41) is 3.18. The highest BCUT2D eigenvalue weighted by molar-refractivity contribution is 5.33. The average Bonchev–Trinajstić information content (AvgIpc) is 2.33. The van der Waals surface area contributed by atoms with Crippen LogP contribution in [-0.2, 0) is 6.54 Å². The number of nitrogens with one attached hydrogen (secondary N) is 1. The fourth-order valence-corrected chi connectivity index (χ4v) is 2.32. The minimum atomic E-state index is 0.437. The number of ether oxygens (including phenoxy) is 1. The van der Waals surface area contributed by atoms with E-state index in [-0.39, 0.29) is 0 Å². The Morgan fingerprint density at radius 3 is 2.69 bits per heavy atom. The number of hydrogen-bond donors (Lipinski definition) is 1. The quantitative estimate of drug-likeness (QED) is 0.840. The molecule has 0 amide bonds. The predicted molar refractivity (Wildman–Crippen MR) is 66.7 cm³/mol. The molecule has 1 aliphatic carbocycles. The van der Waals surface area contributed by atoms with E-state index < -0.39 is 0 Å². The van der Waals surface area contributed by atoms with E-state index in [2.05, 4.69) is 29.6 Å². The largest absolute Gasteiger partial charge is 0.490 e. The van der Waals surface area contributed by atoms with Crippen LogP contribution < -0.4 is 10.1 Å². The van der Waals surface area contributed by atoms with Crippen molar-refractivity contribution in [2.45, 2.75) is 44.8 Å². The van der Waals surface area contributed by atoms with Crippen LogP contribution in [-0.4, -0.2) is 13.2 Å². The minimum Gasteiger partial charge on any atom is -0.490 e. The lowest BCUT2D eigenvalue weighted by atomic mass is 9.97. The second-order valence-electron chi connectivity index (χ2n) is 4.52. The molecule has 1 aromatic carbocycles. The molecule has 0 heterocycles. The van der Waals surface area contributed by atoms with Crippen LogP contribution in [0.25, 0.3) is 0 Å². The van der Waals surface area contributed by atoms with Crippen LogP contribution in [0.5, 0.6) is 5.75 Å². The Bertz CT molecular complexity index is 318. The molecule has 1 N–H and O–H groups in total. The molecular formula is C14H21NO.